The summed E-state index contributed by atoms with van der Waals surface area (Å²) in [7, 11) is -3.30. The summed E-state index contributed by atoms with van der Waals surface area (Å²) in [5.74, 6) is -1.17. The highest BCUT2D eigenvalue weighted by Crippen LogP contribution is 2.54. The SMILES string of the molecule is O=S1(=O)CCC(F)(c2cc(Cl)cnc2F)CC12CCC2. The van der Waals surface area contributed by atoms with Crippen molar-refractivity contribution in [1.29, 1.82) is 0 Å². The Morgan fingerprint density at radius 1 is 1.30 bits per heavy atom. The van der Waals surface area contributed by atoms with Gasteiger partial charge in [0.25, 0.3) is 0 Å². The second-order valence-corrected chi connectivity index (χ2v) is 8.68. The fraction of sp³-hybridized carbons (Fsp3) is 0.615. The minimum atomic E-state index is -3.30. The first kappa shape index (κ1) is 14.2. The molecule has 1 aromatic rings. The van der Waals surface area contributed by atoms with Crippen LogP contribution in [0.3, 0.4) is 0 Å². The van der Waals surface area contributed by atoms with Crippen molar-refractivity contribution < 1.29 is 17.2 Å². The summed E-state index contributed by atoms with van der Waals surface area (Å²) in [5.41, 5.74) is -2.22. The van der Waals surface area contributed by atoms with Gasteiger partial charge in [0.1, 0.15) is 5.67 Å². The summed E-state index contributed by atoms with van der Waals surface area (Å²) in [6.45, 7) is 0. The van der Waals surface area contributed by atoms with Crippen LogP contribution in [0.4, 0.5) is 8.78 Å². The molecule has 1 spiro atoms. The molecule has 1 aromatic heterocycles. The molecule has 1 aliphatic carbocycles. The normalized spacial score (nSPS) is 30.9. The molecular weight excluding hydrogens is 308 g/mol. The highest BCUT2D eigenvalue weighted by molar-refractivity contribution is 7.92. The maximum absolute atomic E-state index is 15.2. The summed E-state index contributed by atoms with van der Waals surface area (Å²) < 4.78 is 52.3. The van der Waals surface area contributed by atoms with Crippen LogP contribution < -0.4 is 0 Å². The van der Waals surface area contributed by atoms with Crippen molar-refractivity contribution in [1.82, 2.24) is 4.98 Å². The fourth-order valence-electron chi connectivity index (χ4n) is 3.25. The molecule has 0 bridgehead atoms. The van der Waals surface area contributed by atoms with Gasteiger partial charge in [0.2, 0.25) is 5.95 Å². The molecule has 1 atom stereocenters. The number of rotatable bonds is 1. The standard InChI is InChI=1S/C13H14ClF2NO2S/c14-9-6-10(11(15)17-7-9)13(16)4-5-20(18,19)12(8-13)2-1-3-12/h6-7H,1-5,8H2. The van der Waals surface area contributed by atoms with E-state index in [1.807, 2.05) is 0 Å². The van der Waals surface area contributed by atoms with Crippen LogP contribution in [0.15, 0.2) is 12.3 Å². The highest BCUT2D eigenvalue weighted by Gasteiger charge is 2.58. The number of pyridine rings is 1. The van der Waals surface area contributed by atoms with Crippen LogP contribution in [-0.2, 0) is 15.5 Å². The van der Waals surface area contributed by atoms with E-state index >= 15 is 4.39 Å². The lowest BCUT2D eigenvalue weighted by Crippen LogP contribution is -2.54. The highest BCUT2D eigenvalue weighted by atomic mass is 35.5. The van der Waals surface area contributed by atoms with Crippen molar-refractivity contribution in [3.63, 3.8) is 0 Å². The van der Waals surface area contributed by atoms with Crippen LogP contribution >= 0.6 is 11.6 Å². The third-order valence-corrected chi connectivity index (χ3v) is 7.40. The Morgan fingerprint density at radius 3 is 2.60 bits per heavy atom. The van der Waals surface area contributed by atoms with Gasteiger partial charge in [0.05, 0.1) is 15.5 Å². The minimum Gasteiger partial charge on any atom is -0.238 e. The topological polar surface area (TPSA) is 47.0 Å². The second kappa shape index (κ2) is 4.37. The third kappa shape index (κ3) is 1.96. The van der Waals surface area contributed by atoms with Crippen molar-refractivity contribution in [2.45, 2.75) is 42.5 Å². The quantitative estimate of drug-likeness (QED) is 0.746. The average molecular weight is 322 g/mol. The Kier molecular flexibility index (Phi) is 3.10. The van der Waals surface area contributed by atoms with Crippen LogP contribution in [0.2, 0.25) is 5.02 Å². The van der Waals surface area contributed by atoms with E-state index in [1.165, 1.54) is 6.07 Å². The van der Waals surface area contributed by atoms with Crippen LogP contribution in [0.1, 0.15) is 37.7 Å². The van der Waals surface area contributed by atoms with Gasteiger partial charge in [-0.1, -0.05) is 18.0 Å². The average Bonchev–Trinajstić information content (AvgIpc) is 2.33. The Hall–Kier alpha value is -0.750. The number of alkyl halides is 1. The largest absolute Gasteiger partial charge is 0.238 e. The van der Waals surface area contributed by atoms with E-state index in [0.29, 0.717) is 12.8 Å². The van der Waals surface area contributed by atoms with E-state index in [0.717, 1.165) is 12.6 Å². The first-order valence-corrected chi connectivity index (χ1v) is 8.54. The van der Waals surface area contributed by atoms with Gasteiger partial charge in [0.15, 0.2) is 9.84 Å². The summed E-state index contributed by atoms with van der Waals surface area (Å²) in [5, 5.41) is 0.148. The molecule has 2 heterocycles. The van der Waals surface area contributed by atoms with Crippen LogP contribution in [-0.4, -0.2) is 23.9 Å². The van der Waals surface area contributed by atoms with Crippen molar-refractivity contribution >= 4 is 21.4 Å². The van der Waals surface area contributed by atoms with Crippen molar-refractivity contribution in [3.05, 3.63) is 28.8 Å². The van der Waals surface area contributed by atoms with Gasteiger partial charge in [-0.3, -0.25) is 0 Å². The zero-order valence-corrected chi connectivity index (χ0v) is 12.3. The van der Waals surface area contributed by atoms with E-state index in [9.17, 15) is 12.8 Å². The zero-order valence-electron chi connectivity index (χ0n) is 10.7. The van der Waals surface area contributed by atoms with Crippen LogP contribution in [0.5, 0.6) is 0 Å². The molecule has 1 saturated carbocycles. The predicted molar refractivity (Wildman–Crippen MR) is 71.6 cm³/mol. The van der Waals surface area contributed by atoms with Crippen molar-refractivity contribution in [3.8, 4) is 0 Å². The fourth-order valence-corrected chi connectivity index (χ4v) is 5.79. The van der Waals surface area contributed by atoms with Crippen LogP contribution in [0.25, 0.3) is 0 Å². The van der Waals surface area contributed by atoms with Gasteiger partial charge in [-0.25, -0.2) is 17.8 Å². The summed E-state index contributed by atoms with van der Waals surface area (Å²) in [6.07, 6.45) is 2.36. The number of hydrogen-bond acceptors (Lipinski definition) is 3. The van der Waals surface area contributed by atoms with Gasteiger partial charge in [-0.15, -0.1) is 0 Å². The monoisotopic (exact) mass is 321 g/mol. The number of sulfone groups is 1. The second-order valence-electron chi connectivity index (χ2n) is 5.74. The molecule has 1 unspecified atom stereocenters. The molecule has 7 heteroatoms. The van der Waals surface area contributed by atoms with Gasteiger partial charge in [-0.2, -0.15) is 4.39 Å². The van der Waals surface area contributed by atoms with Crippen LogP contribution in [0, 0.1) is 5.95 Å². The first-order valence-electron chi connectivity index (χ1n) is 6.51. The molecule has 0 N–H and O–H groups in total. The smallest absolute Gasteiger partial charge is 0.219 e. The van der Waals surface area contributed by atoms with E-state index in [-0.39, 0.29) is 29.2 Å². The van der Waals surface area contributed by atoms with Crippen molar-refractivity contribution in [2.75, 3.05) is 5.75 Å². The van der Waals surface area contributed by atoms with E-state index in [1.54, 1.807) is 0 Å². The molecule has 0 amide bonds. The Balaban J connectivity index is 2.03. The van der Waals surface area contributed by atoms with Crippen molar-refractivity contribution in [2.24, 2.45) is 0 Å². The zero-order chi connectivity index (χ0) is 14.6. The molecule has 0 radical (unpaired) electrons. The first-order chi connectivity index (χ1) is 9.28. The number of halogens is 3. The molecule has 1 saturated heterocycles. The molecule has 2 fully saturated rings. The van der Waals surface area contributed by atoms with Gasteiger partial charge in [-0.05, 0) is 25.3 Å². The lowest BCUT2D eigenvalue weighted by Gasteiger charge is -2.48. The number of hydrogen-bond donors (Lipinski definition) is 0. The Bertz CT molecular complexity index is 660. The summed E-state index contributed by atoms with van der Waals surface area (Å²) in [4.78, 5) is 3.44. The van der Waals surface area contributed by atoms with E-state index in [4.69, 9.17) is 11.6 Å². The summed E-state index contributed by atoms with van der Waals surface area (Å²) >= 11 is 5.76. The maximum Gasteiger partial charge on any atom is 0.219 e. The molecular formula is C13H14ClF2NO2S. The lowest BCUT2D eigenvalue weighted by molar-refractivity contribution is 0.0859. The molecule has 3 rings (SSSR count). The lowest BCUT2D eigenvalue weighted by atomic mass is 9.73. The van der Waals surface area contributed by atoms with E-state index < -0.39 is 26.2 Å². The molecule has 0 aromatic carbocycles. The minimum absolute atomic E-state index is 0.148. The summed E-state index contributed by atoms with van der Waals surface area (Å²) in [6, 6.07) is 1.22. The predicted octanol–water partition coefficient (Wildman–Crippen LogP) is 3.17. The molecule has 3 nitrogen and oxygen atoms in total. The third-order valence-electron chi connectivity index (χ3n) is 4.58. The number of aromatic nitrogens is 1. The van der Waals surface area contributed by atoms with Gasteiger partial charge in [0, 0.05) is 18.2 Å². The molecule has 110 valence electrons. The molecule has 2 aliphatic rings. The molecule has 1 aliphatic heterocycles. The number of nitrogens with zero attached hydrogens (tertiary/aromatic N) is 1. The maximum atomic E-state index is 15.2. The van der Waals surface area contributed by atoms with E-state index in [2.05, 4.69) is 4.98 Å². The molecule has 20 heavy (non-hydrogen) atoms. The van der Waals surface area contributed by atoms with Gasteiger partial charge < -0.3 is 0 Å². The van der Waals surface area contributed by atoms with Gasteiger partial charge >= 0.3 is 0 Å². The Morgan fingerprint density at radius 2 is 2.00 bits per heavy atom. The Labute approximate surface area is 121 Å².